The van der Waals surface area contributed by atoms with Gasteiger partial charge in [-0.05, 0) is 30.0 Å². The van der Waals surface area contributed by atoms with E-state index >= 15 is 0 Å². The first-order valence-corrected chi connectivity index (χ1v) is 10.2. The number of aromatic nitrogens is 1. The molecule has 1 fully saturated rings. The van der Waals surface area contributed by atoms with Crippen molar-refractivity contribution >= 4 is 23.6 Å². The van der Waals surface area contributed by atoms with E-state index in [0.717, 1.165) is 10.5 Å². The van der Waals surface area contributed by atoms with Crippen LogP contribution in [0.15, 0.2) is 48.7 Å². The zero-order chi connectivity index (χ0) is 21.5. The first kappa shape index (κ1) is 21.8. The Labute approximate surface area is 180 Å². The normalized spacial score (nSPS) is 18.2. The fraction of sp³-hybridized carbons (Fsp3) is 0.348. The molecule has 1 saturated heterocycles. The first-order chi connectivity index (χ1) is 14.5. The van der Waals surface area contributed by atoms with Crippen LogP contribution in [-0.2, 0) is 16.0 Å². The van der Waals surface area contributed by atoms with Crippen LogP contribution in [0.3, 0.4) is 0 Å². The van der Waals surface area contributed by atoms with Crippen LogP contribution in [-0.4, -0.2) is 39.6 Å². The van der Waals surface area contributed by atoms with Gasteiger partial charge in [0.1, 0.15) is 5.15 Å². The van der Waals surface area contributed by atoms with E-state index in [1.54, 1.807) is 6.07 Å². The van der Waals surface area contributed by atoms with E-state index in [1.807, 2.05) is 30.3 Å². The fourth-order valence-electron chi connectivity index (χ4n) is 3.61. The molecule has 1 aromatic heterocycles. The molecule has 0 bridgehead atoms. The van der Waals surface area contributed by atoms with E-state index in [1.165, 1.54) is 12.3 Å². The summed E-state index contributed by atoms with van der Waals surface area (Å²) in [6.45, 7) is 0.249. The van der Waals surface area contributed by atoms with Gasteiger partial charge in [-0.1, -0.05) is 48.0 Å². The second kappa shape index (κ2) is 10.2. The maximum atomic E-state index is 13.4. The Morgan fingerprint density at radius 1 is 1.33 bits per heavy atom. The van der Waals surface area contributed by atoms with Gasteiger partial charge in [0.2, 0.25) is 5.91 Å². The number of rotatable bonds is 7. The lowest BCUT2D eigenvalue weighted by Gasteiger charge is -2.36. The van der Waals surface area contributed by atoms with Crippen LogP contribution in [0.25, 0.3) is 0 Å². The van der Waals surface area contributed by atoms with Crippen molar-refractivity contribution in [1.82, 2.24) is 9.88 Å². The van der Waals surface area contributed by atoms with Crippen LogP contribution in [0.1, 0.15) is 36.5 Å². The fourth-order valence-corrected chi connectivity index (χ4v) is 3.72. The van der Waals surface area contributed by atoms with Crippen molar-refractivity contribution in [3.8, 4) is 12.3 Å². The molecule has 7 heteroatoms. The summed E-state index contributed by atoms with van der Waals surface area (Å²) in [7, 11) is 0. The molecule has 0 radical (unpaired) electrons. The maximum Gasteiger partial charge on any atom is 0.416 e. The van der Waals surface area contributed by atoms with Gasteiger partial charge >= 0.3 is 6.09 Å². The Bertz CT molecular complexity index is 911. The van der Waals surface area contributed by atoms with Gasteiger partial charge in [-0.3, -0.25) is 4.79 Å². The summed E-state index contributed by atoms with van der Waals surface area (Å²) < 4.78 is 5.15. The lowest BCUT2D eigenvalue weighted by Crippen LogP contribution is -2.52. The Balaban J connectivity index is 1.86. The first-order valence-electron chi connectivity index (χ1n) is 9.78. The number of halogens is 1. The standard InChI is InChI=1S/C23H23ClN2O4/c1-2-3-9-19(21(27)17-10-11-20(24)25-15-17)22(28)26-18(12-13-30-23(26)29)14-16-7-5-4-6-8-16/h1,4-8,10-11,15,18-19,21,27H,3,9,12-14H2/t18-,19-,21?/m1/s1. The molecule has 1 unspecified atom stereocenters. The highest BCUT2D eigenvalue weighted by Crippen LogP contribution is 2.30. The number of cyclic esters (lactones) is 1. The highest BCUT2D eigenvalue weighted by molar-refractivity contribution is 6.29. The number of carbonyl (C=O) groups excluding carboxylic acids is 2. The molecular formula is C23H23ClN2O4. The van der Waals surface area contributed by atoms with Gasteiger partial charge in [-0.2, -0.15) is 0 Å². The number of amides is 2. The summed E-state index contributed by atoms with van der Waals surface area (Å²) in [4.78, 5) is 31.1. The lowest BCUT2D eigenvalue weighted by atomic mass is 9.89. The number of hydrogen-bond acceptors (Lipinski definition) is 5. The summed E-state index contributed by atoms with van der Waals surface area (Å²) in [5.41, 5.74) is 1.44. The quantitative estimate of drug-likeness (QED) is 0.538. The van der Waals surface area contributed by atoms with Gasteiger partial charge in [-0.25, -0.2) is 14.7 Å². The summed E-state index contributed by atoms with van der Waals surface area (Å²) in [6.07, 6.45) is 6.47. The van der Waals surface area contributed by atoms with Crippen LogP contribution >= 0.6 is 11.6 Å². The molecule has 6 nitrogen and oxygen atoms in total. The highest BCUT2D eigenvalue weighted by atomic mass is 35.5. The molecule has 30 heavy (non-hydrogen) atoms. The minimum Gasteiger partial charge on any atom is -0.449 e. The molecule has 1 N–H and O–H groups in total. The number of benzene rings is 1. The Kier molecular flexibility index (Phi) is 7.45. The second-order valence-corrected chi connectivity index (χ2v) is 7.55. The summed E-state index contributed by atoms with van der Waals surface area (Å²) in [5, 5.41) is 11.2. The van der Waals surface area contributed by atoms with E-state index < -0.39 is 24.0 Å². The maximum absolute atomic E-state index is 13.4. The van der Waals surface area contributed by atoms with E-state index in [0.29, 0.717) is 18.4 Å². The van der Waals surface area contributed by atoms with Crippen molar-refractivity contribution in [2.24, 2.45) is 5.92 Å². The monoisotopic (exact) mass is 426 g/mol. The Morgan fingerprint density at radius 3 is 2.77 bits per heavy atom. The number of terminal acetylenes is 1. The molecule has 2 heterocycles. The van der Waals surface area contributed by atoms with Gasteiger partial charge in [0.25, 0.3) is 0 Å². The summed E-state index contributed by atoms with van der Waals surface area (Å²) in [6, 6.07) is 12.4. The molecule has 2 aromatic rings. The van der Waals surface area contributed by atoms with Gasteiger partial charge in [0.15, 0.2) is 0 Å². The zero-order valence-electron chi connectivity index (χ0n) is 16.4. The van der Waals surface area contributed by atoms with Crippen LogP contribution in [0.2, 0.25) is 5.15 Å². The van der Waals surface area contributed by atoms with Crippen molar-refractivity contribution in [1.29, 1.82) is 0 Å². The van der Waals surface area contributed by atoms with Crippen molar-refractivity contribution in [2.45, 2.75) is 37.8 Å². The van der Waals surface area contributed by atoms with Crippen LogP contribution in [0, 0.1) is 18.3 Å². The number of carbonyl (C=O) groups is 2. The van der Waals surface area contributed by atoms with E-state index in [4.69, 9.17) is 22.8 Å². The number of imide groups is 1. The molecule has 0 spiro atoms. The van der Waals surface area contributed by atoms with Crippen molar-refractivity contribution in [3.63, 3.8) is 0 Å². The van der Waals surface area contributed by atoms with E-state index in [2.05, 4.69) is 10.9 Å². The Hall–Kier alpha value is -2.88. The minimum absolute atomic E-state index is 0.223. The van der Waals surface area contributed by atoms with Crippen molar-refractivity contribution in [2.75, 3.05) is 6.61 Å². The van der Waals surface area contributed by atoms with Crippen LogP contribution in [0.5, 0.6) is 0 Å². The average Bonchev–Trinajstić information content (AvgIpc) is 2.75. The number of aliphatic hydroxyl groups is 1. The second-order valence-electron chi connectivity index (χ2n) is 7.16. The molecule has 2 amide bonds. The Morgan fingerprint density at radius 2 is 2.10 bits per heavy atom. The topological polar surface area (TPSA) is 79.7 Å². The molecular weight excluding hydrogens is 404 g/mol. The van der Waals surface area contributed by atoms with E-state index in [9.17, 15) is 14.7 Å². The molecule has 1 aliphatic rings. The zero-order valence-corrected chi connectivity index (χ0v) is 17.2. The molecule has 0 aliphatic carbocycles. The molecule has 1 aliphatic heterocycles. The smallest absolute Gasteiger partial charge is 0.416 e. The molecule has 3 atom stereocenters. The summed E-state index contributed by atoms with van der Waals surface area (Å²) in [5.74, 6) is 1.09. The van der Waals surface area contributed by atoms with Crippen LogP contribution < -0.4 is 0 Å². The molecule has 156 valence electrons. The van der Waals surface area contributed by atoms with Crippen LogP contribution in [0.4, 0.5) is 4.79 Å². The van der Waals surface area contributed by atoms with Crippen molar-refractivity contribution in [3.05, 3.63) is 64.9 Å². The third kappa shape index (κ3) is 5.18. The molecule has 3 rings (SSSR count). The molecule has 0 saturated carbocycles. The number of hydrogen-bond donors (Lipinski definition) is 1. The SMILES string of the molecule is C#CCC[C@@H](C(=O)N1C(=O)OCC[C@@H]1Cc1ccccc1)C(O)c1ccc(Cl)nc1. The van der Waals surface area contributed by atoms with Gasteiger partial charge < -0.3 is 9.84 Å². The molecule has 1 aromatic carbocycles. The average molecular weight is 427 g/mol. The third-order valence-corrected chi connectivity index (χ3v) is 5.40. The van der Waals surface area contributed by atoms with E-state index in [-0.39, 0.29) is 30.6 Å². The largest absolute Gasteiger partial charge is 0.449 e. The minimum atomic E-state index is -1.18. The third-order valence-electron chi connectivity index (χ3n) is 5.18. The number of aliphatic hydroxyl groups excluding tert-OH is 1. The number of nitrogens with zero attached hydrogens (tertiary/aromatic N) is 2. The number of ether oxygens (including phenoxy) is 1. The highest BCUT2D eigenvalue weighted by Gasteiger charge is 2.40. The predicted octanol–water partition coefficient (Wildman–Crippen LogP) is 3.78. The summed E-state index contributed by atoms with van der Waals surface area (Å²) >= 11 is 5.82. The van der Waals surface area contributed by atoms with Gasteiger partial charge in [-0.15, -0.1) is 12.3 Å². The van der Waals surface area contributed by atoms with Crippen molar-refractivity contribution < 1.29 is 19.4 Å². The van der Waals surface area contributed by atoms with Gasteiger partial charge in [0, 0.05) is 19.0 Å². The lowest BCUT2D eigenvalue weighted by molar-refractivity contribution is -0.142. The van der Waals surface area contributed by atoms with Gasteiger partial charge in [0.05, 0.1) is 24.7 Å². The number of pyridine rings is 1. The predicted molar refractivity (Wildman–Crippen MR) is 113 cm³/mol.